The molecule has 0 radical (unpaired) electrons. The number of nitro benzene ring substituents is 1. The number of sulfonamides is 1. The molecular weight excluding hydrogens is 370 g/mol. The van der Waals surface area contributed by atoms with Gasteiger partial charge < -0.3 is 5.32 Å². The lowest BCUT2D eigenvalue weighted by molar-refractivity contribution is -0.384. The number of carbonyl (C=O) groups is 1. The molecular formula is C18H21N3O5S. The van der Waals surface area contributed by atoms with Crippen LogP contribution in [0.3, 0.4) is 0 Å². The van der Waals surface area contributed by atoms with E-state index in [0.29, 0.717) is 11.3 Å². The Morgan fingerprint density at radius 2 is 1.74 bits per heavy atom. The molecule has 0 heterocycles. The second kappa shape index (κ2) is 7.85. The normalized spacial score (nSPS) is 11.8. The minimum absolute atomic E-state index is 0.00914. The van der Waals surface area contributed by atoms with Crippen LogP contribution < -0.4 is 10.0 Å². The molecule has 0 fully saturated rings. The van der Waals surface area contributed by atoms with Crippen molar-refractivity contribution in [3.8, 4) is 0 Å². The molecule has 0 saturated heterocycles. The van der Waals surface area contributed by atoms with Gasteiger partial charge in [-0.1, -0.05) is 18.2 Å². The Kier molecular flexibility index (Phi) is 5.97. The first-order valence-electron chi connectivity index (χ1n) is 8.13. The summed E-state index contributed by atoms with van der Waals surface area (Å²) in [6, 6.07) is 11.6. The number of carbonyl (C=O) groups excluding carboxylic acids is 1. The minimum atomic E-state index is -3.71. The summed E-state index contributed by atoms with van der Waals surface area (Å²) in [4.78, 5) is 22.4. The molecule has 8 nitrogen and oxygen atoms in total. The molecule has 0 bridgehead atoms. The summed E-state index contributed by atoms with van der Waals surface area (Å²) >= 11 is 0. The quantitative estimate of drug-likeness (QED) is 0.580. The summed E-state index contributed by atoms with van der Waals surface area (Å²) in [5.74, 6) is -0.359. The van der Waals surface area contributed by atoms with Crippen LogP contribution in [0.25, 0.3) is 0 Å². The lowest BCUT2D eigenvalue weighted by atomic mass is 10.1. The molecule has 2 aromatic rings. The van der Waals surface area contributed by atoms with Gasteiger partial charge in [-0.2, -0.15) is 0 Å². The molecule has 27 heavy (non-hydrogen) atoms. The SMILES string of the molecule is CC(C)(C)NS(=O)(=O)c1cccc(NC(=O)Cc2ccc([N+](=O)[O-])cc2)c1. The van der Waals surface area contributed by atoms with Crippen LogP contribution in [0, 0.1) is 10.1 Å². The van der Waals surface area contributed by atoms with Crippen molar-refractivity contribution in [2.45, 2.75) is 37.6 Å². The number of non-ortho nitro benzene ring substituents is 1. The van der Waals surface area contributed by atoms with E-state index in [9.17, 15) is 23.3 Å². The van der Waals surface area contributed by atoms with Crippen LogP contribution in [0.1, 0.15) is 26.3 Å². The average Bonchev–Trinajstić information content (AvgIpc) is 2.53. The van der Waals surface area contributed by atoms with E-state index >= 15 is 0 Å². The Balaban J connectivity index is 2.09. The standard InChI is InChI=1S/C18H21N3O5S/c1-18(2,3)20-27(25,26)16-6-4-5-14(12-16)19-17(22)11-13-7-9-15(10-8-13)21(23)24/h4-10,12,20H,11H2,1-3H3,(H,19,22). The predicted molar refractivity (Wildman–Crippen MR) is 102 cm³/mol. The molecule has 2 N–H and O–H groups in total. The zero-order valence-corrected chi connectivity index (χ0v) is 16.0. The number of benzene rings is 2. The van der Waals surface area contributed by atoms with Crippen molar-refractivity contribution < 1.29 is 18.1 Å². The third-order valence-corrected chi connectivity index (χ3v) is 5.14. The summed E-state index contributed by atoms with van der Waals surface area (Å²) in [6.45, 7) is 5.21. The topological polar surface area (TPSA) is 118 Å². The van der Waals surface area contributed by atoms with Crippen molar-refractivity contribution in [2.24, 2.45) is 0 Å². The number of nitro groups is 1. The van der Waals surface area contributed by atoms with Crippen LogP contribution in [0.2, 0.25) is 0 Å². The Labute approximate surface area is 157 Å². The molecule has 1 amide bonds. The first-order valence-corrected chi connectivity index (χ1v) is 9.62. The maximum atomic E-state index is 12.4. The van der Waals surface area contributed by atoms with Gasteiger partial charge in [-0.3, -0.25) is 14.9 Å². The van der Waals surface area contributed by atoms with E-state index in [1.807, 2.05) is 0 Å². The zero-order chi connectivity index (χ0) is 20.2. The maximum absolute atomic E-state index is 12.4. The number of rotatable bonds is 6. The number of anilines is 1. The number of nitrogens with zero attached hydrogens (tertiary/aromatic N) is 1. The highest BCUT2D eigenvalue weighted by Crippen LogP contribution is 2.18. The molecule has 0 spiro atoms. The Morgan fingerprint density at radius 3 is 2.30 bits per heavy atom. The average molecular weight is 391 g/mol. The van der Waals surface area contributed by atoms with Crippen LogP contribution >= 0.6 is 0 Å². The molecule has 144 valence electrons. The predicted octanol–water partition coefficient (Wildman–Crippen LogP) is 2.85. The van der Waals surface area contributed by atoms with Crippen LogP contribution in [0.4, 0.5) is 11.4 Å². The highest BCUT2D eigenvalue weighted by atomic mass is 32.2. The highest BCUT2D eigenvalue weighted by molar-refractivity contribution is 7.89. The summed E-state index contributed by atoms with van der Waals surface area (Å²) in [6.07, 6.45) is 0.00914. The van der Waals surface area contributed by atoms with E-state index in [2.05, 4.69) is 10.0 Å². The zero-order valence-electron chi connectivity index (χ0n) is 15.2. The van der Waals surface area contributed by atoms with E-state index < -0.39 is 20.5 Å². The molecule has 9 heteroatoms. The molecule has 0 saturated carbocycles. The number of amides is 1. The van der Waals surface area contributed by atoms with Crippen LogP contribution in [0.15, 0.2) is 53.4 Å². The number of nitrogens with one attached hydrogen (secondary N) is 2. The van der Waals surface area contributed by atoms with E-state index in [1.54, 1.807) is 32.9 Å². The molecule has 0 aromatic heterocycles. The lowest BCUT2D eigenvalue weighted by Crippen LogP contribution is -2.40. The molecule has 2 rings (SSSR count). The molecule has 0 atom stereocenters. The summed E-state index contributed by atoms with van der Waals surface area (Å²) in [7, 11) is -3.71. The van der Waals surface area contributed by atoms with Gasteiger partial charge in [0.05, 0.1) is 16.2 Å². The second-order valence-electron chi connectivity index (χ2n) is 7.03. The first kappa shape index (κ1) is 20.5. The van der Waals surface area contributed by atoms with E-state index in [-0.39, 0.29) is 22.9 Å². The van der Waals surface area contributed by atoms with Crippen molar-refractivity contribution in [2.75, 3.05) is 5.32 Å². The molecule has 0 aliphatic heterocycles. The van der Waals surface area contributed by atoms with Crippen LogP contribution in [-0.4, -0.2) is 24.8 Å². The Morgan fingerprint density at radius 1 is 1.11 bits per heavy atom. The van der Waals surface area contributed by atoms with E-state index in [1.165, 1.54) is 36.4 Å². The fourth-order valence-corrected chi connectivity index (χ4v) is 3.79. The van der Waals surface area contributed by atoms with Crippen LogP contribution in [0.5, 0.6) is 0 Å². The lowest BCUT2D eigenvalue weighted by Gasteiger charge is -2.20. The van der Waals surface area contributed by atoms with Gasteiger partial charge in [0, 0.05) is 23.4 Å². The Bertz CT molecular complexity index is 948. The van der Waals surface area contributed by atoms with Crippen molar-refractivity contribution in [3.63, 3.8) is 0 Å². The van der Waals surface area contributed by atoms with Crippen LogP contribution in [-0.2, 0) is 21.2 Å². The Hall–Kier alpha value is -2.78. The van der Waals surface area contributed by atoms with Gasteiger partial charge in [0.2, 0.25) is 15.9 Å². The fraction of sp³-hybridized carbons (Fsp3) is 0.278. The molecule has 0 unspecified atom stereocenters. The highest BCUT2D eigenvalue weighted by Gasteiger charge is 2.22. The molecule has 0 aliphatic carbocycles. The van der Waals surface area contributed by atoms with Gasteiger partial charge >= 0.3 is 0 Å². The number of hydrogen-bond acceptors (Lipinski definition) is 5. The van der Waals surface area contributed by atoms with Crippen molar-refractivity contribution in [1.29, 1.82) is 0 Å². The minimum Gasteiger partial charge on any atom is -0.326 e. The van der Waals surface area contributed by atoms with Gasteiger partial charge in [-0.25, -0.2) is 13.1 Å². The fourth-order valence-electron chi connectivity index (χ4n) is 2.33. The summed E-state index contributed by atoms with van der Waals surface area (Å²) < 4.78 is 27.3. The molecule has 0 aliphatic rings. The third kappa shape index (κ3) is 6.15. The van der Waals surface area contributed by atoms with Gasteiger partial charge in [-0.15, -0.1) is 0 Å². The maximum Gasteiger partial charge on any atom is 0.269 e. The van der Waals surface area contributed by atoms with Gasteiger partial charge in [0.15, 0.2) is 0 Å². The van der Waals surface area contributed by atoms with Crippen molar-refractivity contribution >= 4 is 27.3 Å². The smallest absolute Gasteiger partial charge is 0.269 e. The molecule has 2 aromatic carbocycles. The van der Waals surface area contributed by atoms with Crippen molar-refractivity contribution in [1.82, 2.24) is 4.72 Å². The van der Waals surface area contributed by atoms with E-state index in [4.69, 9.17) is 0 Å². The summed E-state index contributed by atoms with van der Waals surface area (Å²) in [5.41, 5.74) is 0.270. The monoisotopic (exact) mass is 391 g/mol. The summed E-state index contributed by atoms with van der Waals surface area (Å²) in [5, 5.41) is 13.3. The third-order valence-electron chi connectivity index (χ3n) is 3.38. The first-order chi connectivity index (χ1) is 12.5. The van der Waals surface area contributed by atoms with Gasteiger partial charge in [0.25, 0.3) is 5.69 Å². The number of hydrogen-bond donors (Lipinski definition) is 2. The van der Waals surface area contributed by atoms with E-state index in [0.717, 1.165) is 0 Å². The largest absolute Gasteiger partial charge is 0.326 e. The van der Waals surface area contributed by atoms with Gasteiger partial charge in [0.1, 0.15) is 0 Å². The van der Waals surface area contributed by atoms with Gasteiger partial charge in [-0.05, 0) is 44.5 Å². The second-order valence-corrected chi connectivity index (χ2v) is 8.71. The van der Waals surface area contributed by atoms with Crippen molar-refractivity contribution in [3.05, 3.63) is 64.2 Å².